The SMILES string of the molecule is Cc1ccc(-c2ncn3ccccc23)cc1. The topological polar surface area (TPSA) is 17.3 Å². The maximum atomic E-state index is 4.46. The molecule has 0 aliphatic carbocycles. The van der Waals surface area contributed by atoms with Gasteiger partial charge in [-0.25, -0.2) is 4.98 Å². The molecule has 3 aromatic rings. The molecule has 0 fully saturated rings. The molecule has 78 valence electrons. The monoisotopic (exact) mass is 208 g/mol. The molecule has 0 aliphatic rings. The predicted molar refractivity (Wildman–Crippen MR) is 65.4 cm³/mol. The van der Waals surface area contributed by atoms with Crippen molar-refractivity contribution in [3.05, 3.63) is 60.6 Å². The van der Waals surface area contributed by atoms with Crippen LogP contribution in [0.5, 0.6) is 0 Å². The van der Waals surface area contributed by atoms with E-state index < -0.39 is 0 Å². The normalized spacial score (nSPS) is 10.8. The fourth-order valence-electron chi connectivity index (χ4n) is 1.88. The molecule has 0 amide bonds. The second kappa shape index (κ2) is 3.49. The van der Waals surface area contributed by atoms with E-state index in [0.29, 0.717) is 0 Å². The second-order valence-electron chi connectivity index (χ2n) is 3.95. The molecule has 2 heterocycles. The standard InChI is InChI=1S/C14H12N2/c1-11-5-7-12(8-6-11)14-13-4-2-3-9-16(13)10-15-14/h2-10H,1H3. The smallest absolute Gasteiger partial charge is 0.0999 e. The van der Waals surface area contributed by atoms with Crippen molar-refractivity contribution in [2.75, 3.05) is 0 Å². The Balaban J connectivity index is 2.22. The molecule has 16 heavy (non-hydrogen) atoms. The maximum absolute atomic E-state index is 4.46. The van der Waals surface area contributed by atoms with Crippen LogP contribution in [0.15, 0.2) is 55.0 Å². The Morgan fingerprint density at radius 1 is 1.00 bits per heavy atom. The Morgan fingerprint density at radius 3 is 2.62 bits per heavy atom. The van der Waals surface area contributed by atoms with Gasteiger partial charge in [-0.05, 0) is 19.1 Å². The van der Waals surface area contributed by atoms with Crippen molar-refractivity contribution in [2.45, 2.75) is 6.92 Å². The van der Waals surface area contributed by atoms with Crippen LogP contribution in [0.25, 0.3) is 16.8 Å². The Bertz CT molecular complexity index is 621. The van der Waals surface area contributed by atoms with Crippen LogP contribution in [-0.2, 0) is 0 Å². The zero-order valence-electron chi connectivity index (χ0n) is 9.09. The van der Waals surface area contributed by atoms with Crippen molar-refractivity contribution >= 4 is 5.52 Å². The molecular formula is C14H12N2. The second-order valence-corrected chi connectivity index (χ2v) is 3.95. The van der Waals surface area contributed by atoms with Crippen LogP contribution in [0, 0.1) is 6.92 Å². The third-order valence-corrected chi connectivity index (χ3v) is 2.77. The molecule has 2 nitrogen and oxygen atoms in total. The van der Waals surface area contributed by atoms with Gasteiger partial charge in [0.15, 0.2) is 0 Å². The summed E-state index contributed by atoms with van der Waals surface area (Å²) in [6.07, 6.45) is 3.87. The summed E-state index contributed by atoms with van der Waals surface area (Å²) in [5, 5.41) is 0. The number of rotatable bonds is 1. The molecule has 0 N–H and O–H groups in total. The van der Waals surface area contributed by atoms with Crippen LogP contribution < -0.4 is 0 Å². The summed E-state index contributed by atoms with van der Waals surface area (Å²) in [7, 11) is 0. The molecule has 2 heteroatoms. The summed E-state index contributed by atoms with van der Waals surface area (Å²) < 4.78 is 2.04. The van der Waals surface area contributed by atoms with Gasteiger partial charge >= 0.3 is 0 Å². The van der Waals surface area contributed by atoms with Crippen molar-refractivity contribution in [2.24, 2.45) is 0 Å². The lowest BCUT2D eigenvalue weighted by molar-refractivity contribution is 1.15. The molecule has 0 saturated carbocycles. The van der Waals surface area contributed by atoms with E-state index in [-0.39, 0.29) is 0 Å². The zero-order chi connectivity index (χ0) is 11.0. The van der Waals surface area contributed by atoms with Gasteiger partial charge in [0, 0.05) is 11.8 Å². The largest absolute Gasteiger partial charge is 0.306 e. The fraction of sp³-hybridized carbons (Fsp3) is 0.0714. The van der Waals surface area contributed by atoms with E-state index in [1.807, 2.05) is 29.1 Å². The van der Waals surface area contributed by atoms with Gasteiger partial charge in [-0.1, -0.05) is 35.9 Å². The summed E-state index contributed by atoms with van der Waals surface area (Å²) in [4.78, 5) is 4.46. The van der Waals surface area contributed by atoms with Crippen molar-refractivity contribution in [1.29, 1.82) is 0 Å². The third-order valence-electron chi connectivity index (χ3n) is 2.77. The highest BCUT2D eigenvalue weighted by atomic mass is 15.0. The first-order chi connectivity index (χ1) is 7.84. The van der Waals surface area contributed by atoms with Crippen LogP contribution in [0.2, 0.25) is 0 Å². The van der Waals surface area contributed by atoms with E-state index in [0.717, 1.165) is 11.2 Å². The number of imidazole rings is 1. The quantitative estimate of drug-likeness (QED) is 0.599. The van der Waals surface area contributed by atoms with Crippen LogP contribution in [0.4, 0.5) is 0 Å². The van der Waals surface area contributed by atoms with E-state index in [9.17, 15) is 0 Å². The minimum atomic E-state index is 1.04. The summed E-state index contributed by atoms with van der Waals surface area (Å²) in [6, 6.07) is 14.6. The van der Waals surface area contributed by atoms with E-state index in [1.165, 1.54) is 11.1 Å². The number of hydrogen-bond donors (Lipinski definition) is 0. The average Bonchev–Trinajstić information content (AvgIpc) is 2.74. The van der Waals surface area contributed by atoms with Gasteiger partial charge in [0.2, 0.25) is 0 Å². The third kappa shape index (κ3) is 1.39. The molecular weight excluding hydrogens is 196 g/mol. The number of benzene rings is 1. The number of nitrogens with zero attached hydrogens (tertiary/aromatic N) is 2. The lowest BCUT2D eigenvalue weighted by Crippen LogP contribution is -1.81. The predicted octanol–water partition coefficient (Wildman–Crippen LogP) is 3.31. The van der Waals surface area contributed by atoms with E-state index in [4.69, 9.17) is 0 Å². The minimum Gasteiger partial charge on any atom is -0.306 e. The molecule has 0 aliphatic heterocycles. The van der Waals surface area contributed by atoms with Gasteiger partial charge in [-0.2, -0.15) is 0 Å². The molecule has 0 atom stereocenters. The van der Waals surface area contributed by atoms with Crippen LogP contribution >= 0.6 is 0 Å². The first-order valence-electron chi connectivity index (χ1n) is 5.33. The molecule has 0 spiro atoms. The Labute approximate surface area is 94.2 Å². The Hall–Kier alpha value is -2.09. The number of hydrogen-bond acceptors (Lipinski definition) is 1. The van der Waals surface area contributed by atoms with Crippen molar-refractivity contribution in [1.82, 2.24) is 9.38 Å². The summed E-state index contributed by atoms with van der Waals surface area (Å²) in [5.74, 6) is 0. The van der Waals surface area contributed by atoms with Crippen molar-refractivity contribution in [3.8, 4) is 11.3 Å². The summed E-state index contributed by atoms with van der Waals surface area (Å²) >= 11 is 0. The van der Waals surface area contributed by atoms with Gasteiger partial charge in [-0.15, -0.1) is 0 Å². The number of fused-ring (bicyclic) bond motifs is 1. The molecule has 2 aromatic heterocycles. The van der Waals surface area contributed by atoms with E-state index in [1.54, 1.807) is 0 Å². The van der Waals surface area contributed by atoms with Gasteiger partial charge in [0.1, 0.15) is 0 Å². The van der Waals surface area contributed by atoms with E-state index >= 15 is 0 Å². The Morgan fingerprint density at radius 2 is 1.81 bits per heavy atom. The molecule has 0 unspecified atom stereocenters. The number of aromatic nitrogens is 2. The van der Waals surface area contributed by atoms with Crippen LogP contribution in [0.3, 0.4) is 0 Å². The van der Waals surface area contributed by atoms with Crippen LogP contribution in [0.1, 0.15) is 5.56 Å². The highest BCUT2D eigenvalue weighted by Gasteiger charge is 2.05. The highest BCUT2D eigenvalue weighted by molar-refractivity contribution is 5.77. The minimum absolute atomic E-state index is 1.04. The fourth-order valence-corrected chi connectivity index (χ4v) is 1.88. The first kappa shape index (κ1) is 9.16. The van der Waals surface area contributed by atoms with Gasteiger partial charge in [0.05, 0.1) is 17.5 Å². The first-order valence-corrected chi connectivity index (χ1v) is 5.33. The van der Waals surface area contributed by atoms with Gasteiger partial charge in [0.25, 0.3) is 0 Å². The van der Waals surface area contributed by atoms with Crippen molar-refractivity contribution < 1.29 is 0 Å². The number of pyridine rings is 1. The molecule has 0 radical (unpaired) electrons. The van der Waals surface area contributed by atoms with Gasteiger partial charge in [-0.3, -0.25) is 0 Å². The molecule has 0 saturated heterocycles. The highest BCUT2D eigenvalue weighted by Crippen LogP contribution is 2.22. The Kier molecular flexibility index (Phi) is 2.00. The van der Waals surface area contributed by atoms with Gasteiger partial charge < -0.3 is 4.40 Å². The zero-order valence-corrected chi connectivity index (χ0v) is 9.09. The summed E-state index contributed by atoms with van der Waals surface area (Å²) in [5.41, 5.74) is 4.62. The van der Waals surface area contributed by atoms with E-state index in [2.05, 4.69) is 42.2 Å². The van der Waals surface area contributed by atoms with Crippen LogP contribution in [-0.4, -0.2) is 9.38 Å². The molecule has 0 bridgehead atoms. The lowest BCUT2D eigenvalue weighted by atomic mass is 10.1. The average molecular weight is 208 g/mol. The maximum Gasteiger partial charge on any atom is 0.0999 e. The van der Waals surface area contributed by atoms with Crippen molar-refractivity contribution in [3.63, 3.8) is 0 Å². The lowest BCUT2D eigenvalue weighted by Gasteiger charge is -1.99. The molecule has 3 rings (SSSR count). The summed E-state index contributed by atoms with van der Waals surface area (Å²) in [6.45, 7) is 2.09. The molecule has 1 aromatic carbocycles. The number of aryl methyl sites for hydroxylation is 1.